The first-order valence-electron chi connectivity index (χ1n) is 12.4. The molecule has 3 aromatic carbocycles. The second-order valence-electron chi connectivity index (χ2n) is 9.96. The molecule has 2 heterocycles. The Bertz CT molecular complexity index is 1290. The van der Waals surface area contributed by atoms with Gasteiger partial charge in [-0.1, -0.05) is 30.7 Å². The predicted molar refractivity (Wildman–Crippen MR) is 142 cm³/mol. The number of aromatic hydroxyl groups is 1. The number of phenols is 1. The van der Waals surface area contributed by atoms with E-state index >= 15 is 0 Å². The molecule has 0 aromatic heterocycles. The molecule has 1 fully saturated rings. The number of fused-ring (bicyclic) bond motifs is 1. The molecule has 5 rings (SSSR count). The van der Waals surface area contributed by atoms with Gasteiger partial charge in [-0.25, -0.2) is 4.39 Å². The van der Waals surface area contributed by atoms with Crippen LogP contribution in [0.5, 0.6) is 17.2 Å². The fourth-order valence-electron chi connectivity index (χ4n) is 5.15. The van der Waals surface area contributed by atoms with Gasteiger partial charge in [-0.15, -0.1) is 0 Å². The van der Waals surface area contributed by atoms with Gasteiger partial charge < -0.3 is 14.6 Å². The first kappa shape index (κ1) is 24.7. The number of rotatable bonds is 6. The molecule has 0 bridgehead atoms. The van der Waals surface area contributed by atoms with Crippen molar-refractivity contribution in [2.75, 3.05) is 19.7 Å². The number of hydrogen-bond acceptors (Lipinski definition) is 4. The van der Waals surface area contributed by atoms with Crippen molar-refractivity contribution in [3.05, 3.63) is 88.2 Å². The highest BCUT2D eigenvalue weighted by Gasteiger charge is 2.31. The number of allylic oxidation sites excluding steroid dienone is 1. The normalized spacial score (nSPS) is 20.7. The fraction of sp³-hybridized carbons (Fsp3) is 0.333. The molecule has 1 N–H and O–H groups in total. The van der Waals surface area contributed by atoms with Crippen LogP contribution in [0.4, 0.5) is 4.39 Å². The third-order valence-electron chi connectivity index (χ3n) is 7.25. The second kappa shape index (κ2) is 10.2. The van der Waals surface area contributed by atoms with Crippen LogP contribution < -0.4 is 9.47 Å². The molecule has 3 atom stereocenters. The van der Waals surface area contributed by atoms with E-state index in [9.17, 15) is 9.50 Å². The van der Waals surface area contributed by atoms with Crippen molar-refractivity contribution in [1.82, 2.24) is 4.90 Å². The van der Waals surface area contributed by atoms with Gasteiger partial charge in [0.1, 0.15) is 35.8 Å². The Morgan fingerprint density at radius 3 is 2.61 bits per heavy atom. The average molecular weight is 508 g/mol. The summed E-state index contributed by atoms with van der Waals surface area (Å²) < 4.78 is 26.8. The second-order valence-corrected chi connectivity index (χ2v) is 10.4. The van der Waals surface area contributed by atoms with E-state index in [1.54, 1.807) is 24.3 Å². The number of likely N-dealkylation sites (tertiary alicyclic amines) is 1. The molecule has 6 heteroatoms. The summed E-state index contributed by atoms with van der Waals surface area (Å²) in [5, 5.41) is 10.5. The Labute approximate surface area is 216 Å². The molecule has 1 saturated heterocycles. The lowest BCUT2D eigenvalue weighted by molar-refractivity contribution is 0.169. The molecule has 188 valence electrons. The lowest BCUT2D eigenvalue weighted by atomic mass is 9.86. The summed E-state index contributed by atoms with van der Waals surface area (Å²) in [6.07, 6.45) is 0.744. The Kier molecular flexibility index (Phi) is 6.96. The maximum atomic E-state index is 14.3. The summed E-state index contributed by atoms with van der Waals surface area (Å²) in [7, 11) is 0. The summed E-state index contributed by atoms with van der Waals surface area (Å²) in [6, 6.07) is 17.6. The highest BCUT2D eigenvalue weighted by atomic mass is 35.5. The largest absolute Gasteiger partial charge is 0.508 e. The van der Waals surface area contributed by atoms with Gasteiger partial charge in [0.05, 0.1) is 0 Å². The molecule has 36 heavy (non-hydrogen) atoms. The van der Waals surface area contributed by atoms with Crippen molar-refractivity contribution in [1.29, 1.82) is 0 Å². The van der Waals surface area contributed by atoms with Crippen molar-refractivity contribution in [2.24, 2.45) is 5.92 Å². The van der Waals surface area contributed by atoms with Crippen molar-refractivity contribution in [2.45, 2.75) is 39.3 Å². The van der Waals surface area contributed by atoms with Crippen molar-refractivity contribution in [3.8, 4) is 17.2 Å². The van der Waals surface area contributed by atoms with Gasteiger partial charge in [0.15, 0.2) is 0 Å². The summed E-state index contributed by atoms with van der Waals surface area (Å²) in [4.78, 5) is 2.48. The Balaban J connectivity index is 1.43. The number of ether oxygens (including phenoxy) is 2. The van der Waals surface area contributed by atoms with E-state index in [4.69, 9.17) is 21.1 Å². The van der Waals surface area contributed by atoms with Gasteiger partial charge in [0.25, 0.3) is 0 Å². The molecule has 2 aliphatic rings. The SMILES string of the molecule is CC1=C(c2cc(F)ccc2Cl)C(c2ccc(OC[C@H](C)N3CC[C@@H](C)C3)cc2)Oc2ccc(O)cc21. The van der Waals surface area contributed by atoms with E-state index in [0.717, 1.165) is 47.0 Å². The van der Waals surface area contributed by atoms with Gasteiger partial charge in [-0.05, 0) is 92.4 Å². The van der Waals surface area contributed by atoms with Crippen LogP contribution in [0.1, 0.15) is 50.0 Å². The Morgan fingerprint density at radius 2 is 1.89 bits per heavy atom. The van der Waals surface area contributed by atoms with E-state index in [1.165, 1.54) is 18.6 Å². The molecule has 0 amide bonds. The summed E-state index contributed by atoms with van der Waals surface area (Å²) in [5.74, 6) is 1.96. The van der Waals surface area contributed by atoms with E-state index in [1.807, 2.05) is 31.2 Å². The Morgan fingerprint density at radius 1 is 1.11 bits per heavy atom. The maximum absolute atomic E-state index is 14.3. The quantitative estimate of drug-likeness (QED) is 0.378. The van der Waals surface area contributed by atoms with Crippen LogP contribution in [0, 0.1) is 11.7 Å². The van der Waals surface area contributed by atoms with E-state index in [-0.39, 0.29) is 11.6 Å². The third kappa shape index (κ3) is 4.95. The minimum Gasteiger partial charge on any atom is -0.508 e. The van der Waals surface area contributed by atoms with E-state index in [2.05, 4.69) is 18.7 Å². The molecule has 0 aliphatic carbocycles. The highest BCUT2D eigenvalue weighted by molar-refractivity contribution is 6.32. The summed E-state index contributed by atoms with van der Waals surface area (Å²) >= 11 is 6.54. The summed E-state index contributed by atoms with van der Waals surface area (Å²) in [5.41, 5.74) is 3.87. The topological polar surface area (TPSA) is 41.9 Å². The zero-order valence-electron chi connectivity index (χ0n) is 20.8. The maximum Gasteiger partial charge on any atom is 0.150 e. The molecule has 3 aromatic rings. The summed E-state index contributed by atoms with van der Waals surface area (Å²) in [6.45, 7) is 9.33. The molecule has 2 aliphatic heterocycles. The monoisotopic (exact) mass is 507 g/mol. The number of nitrogens with zero attached hydrogens (tertiary/aromatic N) is 1. The van der Waals surface area contributed by atoms with Crippen LogP contribution in [0.3, 0.4) is 0 Å². The van der Waals surface area contributed by atoms with Gasteiger partial charge in [-0.3, -0.25) is 4.90 Å². The van der Waals surface area contributed by atoms with Crippen LogP contribution >= 0.6 is 11.6 Å². The number of phenolic OH excluding ortho intramolecular Hbond substituents is 1. The number of benzene rings is 3. The molecule has 0 spiro atoms. The molecular weight excluding hydrogens is 477 g/mol. The third-order valence-corrected chi connectivity index (χ3v) is 7.58. The highest BCUT2D eigenvalue weighted by Crippen LogP contribution is 2.48. The zero-order chi connectivity index (χ0) is 25.4. The van der Waals surface area contributed by atoms with Crippen molar-refractivity contribution in [3.63, 3.8) is 0 Å². The van der Waals surface area contributed by atoms with Gasteiger partial charge >= 0.3 is 0 Å². The minimum atomic E-state index is -0.500. The molecule has 1 unspecified atom stereocenters. The average Bonchev–Trinajstić information content (AvgIpc) is 3.31. The standard InChI is InChI=1S/C30H31ClFNO3/c1-18-12-13-33(16-18)19(2)17-35-24-8-4-21(5-9-24)30-29(26-14-22(32)6-10-27(26)31)20(3)25-15-23(34)7-11-28(25)36-30/h4-11,14-15,18-19,30,34H,12-13,16-17H2,1-3H3/t18-,19+,30?/m1/s1. The van der Waals surface area contributed by atoms with Crippen LogP contribution in [0.15, 0.2) is 60.7 Å². The lowest BCUT2D eigenvalue weighted by Crippen LogP contribution is -2.35. The van der Waals surface area contributed by atoms with Gasteiger partial charge in [0, 0.05) is 34.3 Å². The Hall–Kier alpha value is -3.02. The lowest BCUT2D eigenvalue weighted by Gasteiger charge is -2.31. The predicted octanol–water partition coefficient (Wildman–Crippen LogP) is 7.36. The van der Waals surface area contributed by atoms with Gasteiger partial charge in [-0.2, -0.15) is 0 Å². The smallest absolute Gasteiger partial charge is 0.150 e. The van der Waals surface area contributed by atoms with Crippen molar-refractivity contribution < 1.29 is 19.0 Å². The van der Waals surface area contributed by atoms with E-state index in [0.29, 0.717) is 29.0 Å². The van der Waals surface area contributed by atoms with Crippen LogP contribution in [0.25, 0.3) is 11.1 Å². The fourth-order valence-corrected chi connectivity index (χ4v) is 5.37. The van der Waals surface area contributed by atoms with Crippen molar-refractivity contribution >= 4 is 22.7 Å². The zero-order valence-corrected chi connectivity index (χ0v) is 21.6. The first-order chi connectivity index (χ1) is 17.3. The molecule has 4 nitrogen and oxygen atoms in total. The molecule has 0 radical (unpaired) electrons. The molecular formula is C30H31ClFNO3. The van der Waals surface area contributed by atoms with Crippen LogP contribution in [-0.2, 0) is 0 Å². The van der Waals surface area contributed by atoms with Crippen LogP contribution in [0.2, 0.25) is 5.02 Å². The first-order valence-corrected chi connectivity index (χ1v) is 12.8. The number of hydrogen-bond donors (Lipinski definition) is 1. The van der Waals surface area contributed by atoms with Crippen LogP contribution in [-0.4, -0.2) is 35.7 Å². The molecule has 0 saturated carbocycles. The van der Waals surface area contributed by atoms with Gasteiger partial charge in [0.2, 0.25) is 0 Å². The minimum absolute atomic E-state index is 0.138. The van der Waals surface area contributed by atoms with E-state index < -0.39 is 6.10 Å². The number of halogens is 2.